The van der Waals surface area contributed by atoms with Gasteiger partial charge in [-0.25, -0.2) is 14.5 Å². The maximum absolute atomic E-state index is 11.1. The SMILES string of the molecule is O=C(O)c1nn(-c2ccc3ncsc3c2)cc1CCO. The number of aromatic nitrogens is 3. The third kappa shape index (κ3) is 2.17. The fourth-order valence-corrected chi connectivity index (χ4v) is 2.72. The number of benzene rings is 1. The minimum absolute atomic E-state index is 0.0246. The Morgan fingerprint density at radius 3 is 3.00 bits per heavy atom. The van der Waals surface area contributed by atoms with Gasteiger partial charge in [0.15, 0.2) is 5.69 Å². The summed E-state index contributed by atoms with van der Waals surface area (Å²) < 4.78 is 2.53. The van der Waals surface area contributed by atoms with Crippen LogP contribution in [0.25, 0.3) is 15.9 Å². The fraction of sp³-hybridized carbons (Fsp3) is 0.154. The van der Waals surface area contributed by atoms with E-state index < -0.39 is 5.97 Å². The van der Waals surface area contributed by atoms with E-state index in [4.69, 9.17) is 10.2 Å². The van der Waals surface area contributed by atoms with E-state index in [0.29, 0.717) is 5.56 Å². The van der Waals surface area contributed by atoms with E-state index in [1.807, 2.05) is 18.2 Å². The van der Waals surface area contributed by atoms with E-state index in [1.165, 1.54) is 16.0 Å². The summed E-state index contributed by atoms with van der Waals surface area (Å²) in [6.07, 6.45) is 1.91. The molecule has 7 heteroatoms. The first kappa shape index (κ1) is 12.8. The lowest BCUT2D eigenvalue weighted by molar-refractivity contribution is 0.0688. The van der Waals surface area contributed by atoms with Crippen molar-refractivity contribution in [3.63, 3.8) is 0 Å². The molecule has 0 saturated carbocycles. The summed E-state index contributed by atoms with van der Waals surface area (Å²) in [5.41, 5.74) is 3.93. The van der Waals surface area contributed by atoms with Gasteiger partial charge in [-0.05, 0) is 24.6 Å². The molecule has 0 unspecified atom stereocenters. The van der Waals surface area contributed by atoms with Gasteiger partial charge >= 0.3 is 5.97 Å². The van der Waals surface area contributed by atoms with Crippen molar-refractivity contribution in [3.8, 4) is 5.69 Å². The van der Waals surface area contributed by atoms with Gasteiger partial charge in [0.2, 0.25) is 0 Å². The van der Waals surface area contributed by atoms with E-state index in [-0.39, 0.29) is 18.7 Å². The predicted molar refractivity (Wildman–Crippen MR) is 74.5 cm³/mol. The highest BCUT2D eigenvalue weighted by Gasteiger charge is 2.16. The molecule has 0 fully saturated rings. The quantitative estimate of drug-likeness (QED) is 0.763. The summed E-state index contributed by atoms with van der Waals surface area (Å²) in [6, 6.07) is 5.62. The first-order chi connectivity index (χ1) is 9.69. The highest BCUT2D eigenvalue weighted by atomic mass is 32.1. The molecule has 102 valence electrons. The van der Waals surface area contributed by atoms with Crippen LogP contribution in [-0.2, 0) is 6.42 Å². The molecule has 0 aliphatic heterocycles. The van der Waals surface area contributed by atoms with Crippen LogP contribution in [0.5, 0.6) is 0 Å². The smallest absolute Gasteiger partial charge is 0.356 e. The van der Waals surface area contributed by atoms with Gasteiger partial charge in [0, 0.05) is 18.4 Å². The average Bonchev–Trinajstić information content (AvgIpc) is 3.04. The lowest BCUT2D eigenvalue weighted by Gasteiger charge is -2.00. The average molecular weight is 289 g/mol. The van der Waals surface area contributed by atoms with E-state index in [9.17, 15) is 4.79 Å². The van der Waals surface area contributed by atoms with Crippen molar-refractivity contribution in [1.29, 1.82) is 0 Å². The second-order valence-corrected chi connectivity index (χ2v) is 5.12. The molecule has 0 radical (unpaired) electrons. The van der Waals surface area contributed by atoms with Gasteiger partial charge in [-0.3, -0.25) is 0 Å². The number of aliphatic hydroxyl groups is 1. The number of carboxylic acids is 1. The van der Waals surface area contributed by atoms with Crippen LogP contribution >= 0.6 is 11.3 Å². The maximum Gasteiger partial charge on any atom is 0.356 e. The van der Waals surface area contributed by atoms with E-state index in [1.54, 1.807) is 11.7 Å². The summed E-state index contributed by atoms with van der Waals surface area (Å²) in [6.45, 7) is -0.111. The Morgan fingerprint density at radius 2 is 2.25 bits per heavy atom. The highest BCUT2D eigenvalue weighted by Crippen LogP contribution is 2.22. The third-order valence-corrected chi connectivity index (χ3v) is 3.74. The molecule has 0 atom stereocenters. The number of nitrogens with zero attached hydrogens (tertiary/aromatic N) is 3. The number of hydrogen-bond acceptors (Lipinski definition) is 5. The molecule has 1 aromatic carbocycles. The van der Waals surface area contributed by atoms with Gasteiger partial charge in [0.25, 0.3) is 0 Å². The first-order valence-electron chi connectivity index (χ1n) is 5.95. The second-order valence-electron chi connectivity index (χ2n) is 4.23. The first-order valence-corrected chi connectivity index (χ1v) is 6.83. The Kier molecular flexibility index (Phi) is 3.21. The van der Waals surface area contributed by atoms with E-state index >= 15 is 0 Å². The summed E-state index contributed by atoms with van der Waals surface area (Å²) in [5, 5.41) is 22.2. The molecule has 0 bridgehead atoms. The van der Waals surface area contributed by atoms with Crippen LogP contribution < -0.4 is 0 Å². The normalized spacial score (nSPS) is 11.1. The van der Waals surface area contributed by atoms with Gasteiger partial charge in [-0.15, -0.1) is 11.3 Å². The Bertz CT molecular complexity index is 778. The van der Waals surface area contributed by atoms with Crippen LogP contribution in [-0.4, -0.2) is 37.6 Å². The number of thiazole rings is 1. The van der Waals surface area contributed by atoms with Crippen LogP contribution in [0.1, 0.15) is 16.1 Å². The van der Waals surface area contributed by atoms with Crippen molar-refractivity contribution in [1.82, 2.24) is 14.8 Å². The Labute approximate surface area is 117 Å². The molecule has 6 nitrogen and oxygen atoms in total. The molecule has 20 heavy (non-hydrogen) atoms. The zero-order valence-corrected chi connectivity index (χ0v) is 11.2. The minimum atomic E-state index is -1.09. The number of carbonyl (C=O) groups is 1. The van der Waals surface area contributed by atoms with Crippen LogP contribution in [0.4, 0.5) is 0 Å². The van der Waals surface area contributed by atoms with Crippen LogP contribution in [0, 0.1) is 0 Å². The van der Waals surface area contributed by atoms with Gasteiger partial charge in [-0.1, -0.05) is 0 Å². The zero-order chi connectivity index (χ0) is 14.1. The predicted octanol–water partition coefficient (Wildman–Crippen LogP) is 1.71. The monoisotopic (exact) mass is 289 g/mol. The minimum Gasteiger partial charge on any atom is -0.476 e. The molecule has 2 N–H and O–H groups in total. The zero-order valence-electron chi connectivity index (χ0n) is 10.4. The number of rotatable bonds is 4. The molecule has 2 aromatic heterocycles. The van der Waals surface area contributed by atoms with Crippen molar-refractivity contribution in [2.24, 2.45) is 0 Å². The Hall–Kier alpha value is -2.25. The lowest BCUT2D eigenvalue weighted by Crippen LogP contribution is -2.03. The summed E-state index contributed by atoms with van der Waals surface area (Å²) in [4.78, 5) is 15.3. The van der Waals surface area contributed by atoms with Crippen molar-refractivity contribution in [2.45, 2.75) is 6.42 Å². The molecule has 0 aliphatic carbocycles. The molecule has 0 amide bonds. The van der Waals surface area contributed by atoms with Gasteiger partial charge in [-0.2, -0.15) is 5.10 Å². The standard InChI is InChI=1S/C13H11N3O3S/c17-4-3-8-6-16(15-12(8)13(18)19)9-1-2-10-11(5-9)20-7-14-10/h1-2,5-7,17H,3-4H2,(H,18,19). The topological polar surface area (TPSA) is 88.2 Å². The summed E-state index contributed by atoms with van der Waals surface area (Å²) in [7, 11) is 0. The molecule has 2 heterocycles. The second kappa shape index (κ2) is 5.03. The number of fused-ring (bicyclic) bond motifs is 1. The Balaban J connectivity index is 2.08. The van der Waals surface area contributed by atoms with E-state index in [0.717, 1.165) is 15.9 Å². The summed E-state index contributed by atoms with van der Waals surface area (Å²) in [5.74, 6) is -1.09. The number of carboxylic acid groups (broad SMARTS) is 1. The molecular weight excluding hydrogens is 278 g/mol. The highest BCUT2D eigenvalue weighted by molar-refractivity contribution is 7.16. The lowest BCUT2D eigenvalue weighted by atomic mass is 10.2. The van der Waals surface area contributed by atoms with Gasteiger partial charge in [0.1, 0.15) is 0 Å². The van der Waals surface area contributed by atoms with Crippen molar-refractivity contribution < 1.29 is 15.0 Å². The van der Waals surface area contributed by atoms with E-state index in [2.05, 4.69) is 10.1 Å². The van der Waals surface area contributed by atoms with Crippen LogP contribution in [0.2, 0.25) is 0 Å². The van der Waals surface area contributed by atoms with Crippen molar-refractivity contribution in [3.05, 3.63) is 41.2 Å². The van der Waals surface area contributed by atoms with Gasteiger partial charge < -0.3 is 10.2 Å². The van der Waals surface area contributed by atoms with Crippen molar-refractivity contribution >= 4 is 27.5 Å². The molecule has 0 aliphatic rings. The largest absolute Gasteiger partial charge is 0.476 e. The molecule has 0 saturated heterocycles. The maximum atomic E-state index is 11.1. The van der Waals surface area contributed by atoms with Crippen LogP contribution in [0.3, 0.4) is 0 Å². The number of aromatic carboxylic acids is 1. The molecule has 3 aromatic rings. The molecule has 3 rings (SSSR count). The molecular formula is C13H11N3O3S. The van der Waals surface area contributed by atoms with Gasteiger partial charge in [0.05, 0.1) is 21.4 Å². The molecule has 0 spiro atoms. The number of aliphatic hydroxyl groups excluding tert-OH is 1. The number of hydrogen-bond donors (Lipinski definition) is 2. The fourth-order valence-electron chi connectivity index (χ4n) is 2.01. The third-order valence-electron chi connectivity index (χ3n) is 2.95. The van der Waals surface area contributed by atoms with Crippen molar-refractivity contribution in [2.75, 3.05) is 6.61 Å². The summed E-state index contributed by atoms with van der Waals surface area (Å²) >= 11 is 1.52. The Morgan fingerprint density at radius 1 is 1.40 bits per heavy atom. The van der Waals surface area contributed by atoms with Crippen LogP contribution in [0.15, 0.2) is 29.9 Å².